The molecule has 0 saturated carbocycles. The highest BCUT2D eigenvalue weighted by atomic mass is 32.2. The van der Waals surface area contributed by atoms with Crippen LogP contribution in [0.2, 0.25) is 0 Å². The lowest BCUT2D eigenvalue weighted by molar-refractivity contribution is -0.121. The molecule has 9 heteroatoms. The van der Waals surface area contributed by atoms with Gasteiger partial charge in [-0.15, -0.1) is 0 Å². The molecule has 0 bridgehead atoms. The van der Waals surface area contributed by atoms with E-state index < -0.39 is 33.7 Å². The summed E-state index contributed by atoms with van der Waals surface area (Å²) in [6, 6.07) is 3.12. The predicted octanol–water partition coefficient (Wildman–Crippen LogP) is 1.72. The molecule has 0 fully saturated rings. The number of sulfonamides is 1. The zero-order valence-corrected chi connectivity index (χ0v) is 16.0. The lowest BCUT2D eigenvalue weighted by Gasteiger charge is -2.21. The summed E-state index contributed by atoms with van der Waals surface area (Å²) in [5.41, 5.74) is -0.120. The molecule has 1 aromatic carbocycles. The van der Waals surface area contributed by atoms with Crippen molar-refractivity contribution >= 4 is 22.0 Å². The standard InChI is InChI=1S/C16H24N2O6S/c1-10-9-12(7-8-13(10)23-6)25(21,22)18-14(19)11(2)17-15(20)24-16(3,4)5/h7-9,11H,1-6H3,(H,17,20)(H,18,19)/t11-/m1/s1. The number of methoxy groups -OCH3 is 1. The molecule has 2 N–H and O–H groups in total. The van der Waals surface area contributed by atoms with E-state index in [1.807, 2.05) is 4.72 Å². The highest BCUT2D eigenvalue weighted by Crippen LogP contribution is 2.21. The Bertz CT molecular complexity index is 752. The Hall–Kier alpha value is -2.29. The van der Waals surface area contributed by atoms with Crippen molar-refractivity contribution in [3.8, 4) is 5.75 Å². The highest BCUT2D eigenvalue weighted by molar-refractivity contribution is 7.90. The SMILES string of the molecule is COc1ccc(S(=O)(=O)NC(=O)[C@@H](C)NC(=O)OC(C)(C)C)cc1C. The Morgan fingerprint density at radius 2 is 1.80 bits per heavy atom. The van der Waals surface area contributed by atoms with Gasteiger partial charge in [0.15, 0.2) is 0 Å². The number of hydrogen-bond donors (Lipinski definition) is 2. The Labute approximate surface area is 147 Å². The van der Waals surface area contributed by atoms with E-state index in [1.165, 1.54) is 32.2 Å². The normalized spacial score (nSPS) is 12.9. The number of carbonyl (C=O) groups is 2. The minimum atomic E-state index is -4.07. The molecule has 8 nitrogen and oxygen atoms in total. The summed E-state index contributed by atoms with van der Waals surface area (Å²) >= 11 is 0. The molecule has 0 spiro atoms. The fourth-order valence-electron chi connectivity index (χ4n) is 1.85. The minimum absolute atomic E-state index is 0.0800. The molecule has 1 aromatic rings. The van der Waals surface area contributed by atoms with Crippen LogP contribution in [0.5, 0.6) is 5.75 Å². The number of amides is 2. The van der Waals surface area contributed by atoms with Gasteiger partial charge >= 0.3 is 6.09 Å². The molecule has 0 radical (unpaired) electrons. The van der Waals surface area contributed by atoms with E-state index in [9.17, 15) is 18.0 Å². The molecule has 0 heterocycles. The van der Waals surface area contributed by atoms with Crippen molar-refractivity contribution in [2.45, 2.75) is 51.2 Å². The van der Waals surface area contributed by atoms with Gasteiger partial charge in [0, 0.05) is 0 Å². The number of hydrogen-bond acceptors (Lipinski definition) is 6. The maximum atomic E-state index is 12.3. The van der Waals surface area contributed by atoms with E-state index in [-0.39, 0.29) is 4.90 Å². The third kappa shape index (κ3) is 6.26. The van der Waals surface area contributed by atoms with Crippen LogP contribution < -0.4 is 14.8 Å². The molecular weight excluding hydrogens is 348 g/mol. The second-order valence-corrected chi connectivity index (χ2v) is 8.15. The summed E-state index contributed by atoms with van der Waals surface area (Å²) in [4.78, 5) is 23.6. The molecule has 0 aliphatic carbocycles. The number of nitrogens with one attached hydrogen (secondary N) is 2. The zero-order chi connectivity index (χ0) is 19.4. The maximum Gasteiger partial charge on any atom is 0.408 e. The van der Waals surface area contributed by atoms with Crippen LogP contribution in [0, 0.1) is 6.92 Å². The largest absolute Gasteiger partial charge is 0.496 e. The van der Waals surface area contributed by atoms with Crippen LogP contribution >= 0.6 is 0 Å². The summed E-state index contributed by atoms with van der Waals surface area (Å²) in [6.45, 7) is 8.07. The van der Waals surface area contributed by atoms with Crippen LogP contribution in [0.1, 0.15) is 33.3 Å². The fraction of sp³-hybridized carbons (Fsp3) is 0.500. The van der Waals surface area contributed by atoms with Crippen molar-refractivity contribution in [2.75, 3.05) is 7.11 Å². The second-order valence-electron chi connectivity index (χ2n) is 6.47. The van der Waals surface area contributed by atoms with Gasteiger partial charge in [-0.1, -0.05) is 0 Å². The lowest BCUT2D eigenvalue weighted by Crippen LogP contribution is -2.47. The number of aryl methyl sites for hydroxylation is 1. The van der Waals surface area contributed by atoms with E-state index in [2.05, 4.69) is 5.32 Å². The summed E-state index contributed by atoms with van der Waals surface area (Å²) < 4.78 is 36.6. The molecule has 0 aliphatic heterocycles. The average molecular weight is 372 g/mol. The summed E-state index contributed by atoms with van der Waals surface area (Å²) in [6.07, 6.45) is -0.812. The van der Waals surface area contributed by atoms with Crippen LogP contribution in [0.4, 0.5) is 4.79 Å². The monoisotopic (exact) mass is 372 g/mol. The molecule has 25 heavy (non-hydrogen) atoms. The smallest absolute Gasteiger partial charge is 0.408 e. The molecule has 0 unspecified atom stereocenters. The predicted molar refractivity (Wildman–Crippen MR) is 91.9 cm³/mol. The van der Waals surface area contributed by atoms with Crippen molar-refractivity contribution in [3.05, 3.63) is 23.8 Å². The minimum Gasteiger partial charge on any atom is -0.496 e. The third-order valence-electron chi connectivity index (χ3n) is 3.04. The lowest BCUT2D eigenvalue weighted by atomic mass is 10.2. The van der Waals surface area contributed by atoms with Crippen LogP contribution in [0.15, 0.2) is 23.1 Å². The zero-order valence-electron chi connectivity index (χ0n) is 15.2. The first-order chi connectivity index (χ1) is 11.4. The Morgan fingerprint density at radius 3 is 2.28 bits per heavy atom. The van der Waals surface area contributed by atoms with E-state index in [0.717, 1.165) is 0 Å². The summed E-state index contributed by atoms with van der Waals surface area (Å²) in [5.74, 6) is -0.343. The van der Waals surface area contributed by atoms with Gasteiger partial charge in [0.25, 0.3) is 15.9 Å². The van der Waals surface area contributed by atoms with Gasteiger partial charge in [-0.2, -0.15) is 0 Å². The van der Waals surface area contributed by atoms with Crippen LogP contribution in [0.3, 0.4) is 0 Å². The van der Waals surface area contributed by atoms with E-state index in [4.69, 9.17) is 9.47 Å². The van der Waals surface area contributed by atoms with E-state index >= 15 is 0 Å². The van der Waals surface area contributed by atoms with Crippen LogP contribution in [-0.2, 0) is 19.6 Å². The molecular formula is C16H24N2O6S. The van der Waals surface area contributed by atoms with E-state index in [1.54, 1.807) is 27.7 Å². The first-order valence-corrected chi connectivity index (χ1v) is 9.05. The van der Waals surface area contributed by atoms with Crippen molar-refractivity contribution in [1.82, 2.24) is 10.0 Å². The van der Waals surface area contributed by atoms with Gasteiger partial charge in [-0.25, -0.2) is 17.9 Å². The van der Waals surface area contributed by atoms with Crippen LogP contribution in [0.25, 0.3) is 0 Å². The Balaban J connectivity index is 2.80. The fourth-order valence-corrected chi connectivity index (χ4v) is 2.99. The Morgan fingerprint density at radius 1 is 1.20 bits per heavy atom. The van der Waals surface area contributed by atoms with Gasteiger partial charge in [0.2, 0.25) is 0 Å². The third-order valence-corrected chi connectivity index (χ3v) is 4.38. The van der Waals surface area contributed by atoms with Crippen molar-refractivity contribution in [3.63, 3.8) is 0 Å². The topological polar surface area (TPSA) is 111 Å². The van der Waals surface area contributed by atoms with Crippen molar-refractivity contribution in [1.29, 1.82) is 0 Å². The van der Waals surface area contributed by atoms with Gasteiger partial charge in [0.1, 0.15) is 17.4 Å². The van der Waals surface area contributed by atoms with Gasteiger partial charge in [0.05, 0.1) is 12.0 Å². The molecule has 0 saturated heterocycles. The quantitative estimate of drug-likeness (QED) is 0.814. The number of alkyl carbamates (subject to hydrolysis) is 1. The number of rotatable bonds is 5. The number of carbonyl (C=O) groups excluding carboxylic acids is 2. The van der Waals surface area contributed by atoms with Gasteiger partial charge in [-0.3, -0.25) is 4.79 Å². The number of ether oxygens (including phenoxy) is 2. The Kier molecular flexibility index (Phi) is 6.42. The average Bonchev–Trinajstić information content (AvgIpc) is 2.44. The van der Waals surface area contributed by atoms with Crippen molar-refractivity contribution in [2.24, 2.45) is 0 Å². The second kappa shape index (κ2) is 7.73. The van der Waals surface area contributed by atoms with Gasteiger partial charge in [-0.05, 0) is 58.4 Å². The first kappa shape index (κ1) is 20.8. The summed E-state index contributed by atoms with van der Waals surface area (Å²) in [7, 11) is -2.60. The molecule has 2 amide bonds. The molecule has 0 aromatic heterocycles. The highest BCUT2D eigenvalue weighted by Gasteiger charge is 2.25. The maximum absolute atomic E-state index is 12.3. The molecule has 140 valence electrons. The molecule has 1 rings (SSSR count). The van der Waals surface area contributed by atoms with Crippen molar-refractivity contribution < 1.29 is 27.5 Å². The first-order valence-electron chi connectivity index (χ1n) is 7.56. The molecule has 0 aliphatic rings. The van der Waals surface area contributed by atoms with E-state index in [0.29, 0.717) is 11.3 Å². The number of benzene rings is 1. The molecule has 1 atom stereocenters. The summed E-state index contributed by atoms with van der Waals surface area (Å²) in [5, 5.41) is 2.28. The van der Waals surface area contributed by atoms with Gasteiger partial charge < -0.3 is 14.8 Å². The van der Waals surface area contributed by atoms with Crippen LogP contribution in [-0.4, -0.2) is 39.2 Å².